The molecule has 3 rings (SSSR count). The van der Waals surface area contributed by atoms with E-state index in [1.807, 2.05) is 18.7 Å². The summed E-state index contributed by atoms with van der Waals surface area (Å²) in [4.78, 5) is 34.7. The van der Waals surface area contributed by atoms with Crippen molar-refractivity contribution < 1.29 is 14.3 Å². The van der Waals surface area contributed by atoms with Crippen LogP contribution in [0, 0.1) is 6.92 Å². The number of carbonyl (C=O) groups excluding carboxylic acids is 2. The lowest BCUT2D eigenvalue weighted by atomic mass is 9.82. The van der Waals surface area contributed by atoms with Crippen molar-refractivity contribution in [3.8, 4) is 0 Å². The van der Waals surface area contributed by atoms with E-state index in [2.05, 4.69) is 9.97 Å². The summed E-state index contributed by atoms with van der Waals surface area (Å²) in [5.41, 5.74) is 4.91. The van der Waals surface area contributed by atoms with E-state index in [9.17, 15) is 9.59 Å². The van der Waals surface area contributed by atoms with E-state index in [1.165, 1.54) is 0 Å². The van der Waals surface area contributed by atoms with E-state index in [-0.39, 0.29) is 18.4 Å². The number of likely N-dealkylation sites (tertiary alicyclic amines) is 1. The highest BCUT2D eigenvalue weighted by Gasteiger charge is 2.58. The number of nitrogens with zero attached hydrogens (tertiary/aromatic N) is 3. The van der Waals surface area contributed by atoms with Crippen LogP contribution >= 0.6 is 0 Å². The average molecular weight is 332 g/mol. The Morgan fingerprint density at radius 3 is 2.88 bits per heavy atom. The molecule has 2 saturated heterocycles. The minimum atomic E-state index is -0.492. The Kier molecular flexibility index (Phi) is 4.07. The second kappa shape index (κ2) is 5.81. The molecule has 1 aromatic heterocycles. The van der Waals surface area contributed by atoms with Gasteiger partial charge in [0.15, 0.2) is 0 Å². The van der Waals surface area contributed by atoms with Crippen LogP contribution in [0.25, 0.3) is 0 Å². The molecule has 1 aromatic rings. The Bertz CT molecular complexity index is 676. The quantitative estimate of drug-likeness (QED) is 0.897. The maximum Gasteiger partial charge on any atom is 0.273 e. The van der Waals surface area contributed by atoms with Crippen molar-refractivity contribution in [2.75, 3.05) is 6.54 Å². The van der Waals surface area contributed by atoms with Crippen molar-refractivity contribution >= 4 is 11.8 Å². The van der Waals surface area contributed by atoms with E-state index >= 15 is 0 Å². The van der Waals surface area contributed by atoms with Crippen LogP contribution in [-0.4, -0.2) is 50.5 Å². The van der Waals surface area contributed by atoms with Crippen LogP contribution in [-0.2, 0) is 9.53 Å². The first kappa shape index (κ1) is 16.8. The molecule has 3 heterocycles. The second-order valence-corrected chi connectivity index (χ2v) is 7.37. The zero-order valence-corrected chi connectivity index (χ0v) is 14.4. The largest absolute Gasteiger partial charge is 0.370 e. The number of ether oxygens (including phenoxy) is 1. The highest BCUT2D eigenvalue weighted by molar-refractivity contribution is 5.93. The minimum absolute atomic E-state index is 0.121. The number of carbonyl (C=O) groups is 2. The highest BCUT2D eigenvalue weighted by atomic mass is 16.5. The van der Waals surface area contributed by atoms with Crippen molar-refractivity contribution in [1.82, 2.24) is 14.9 Å². The van der Waals surface area contributed by atoms with Crippen LogP contribution in [0.15, 0.2) is 12.3 Å². The average Bonchev–Trinajstić information content (AvgIpc) is 2.99. The van der Waals surface area contributed by atoms with Gasteiger partial charge >= 0.3 is 0 Å². The molecule has 0 aromatic carbocycles. The molecular formula is C17H24N4O3. The lowest BCUT2D eigenvalue weighted by Crippen LogP contribution is -2.53. The summed E-state index contributed by atoms with van der Waals surface area (Å²) in [6.07, 6.45) is 3.71. The topological polar surface area (TPSA) is 98.4 Å². The molecule has 2 aliphatic heterocycles. The number of amides is 2. The van der Waals surface area contributed by atoms with Gasteiger partial charge in [0.25, 0.3) is 5.91 Å². The maximum atomic E-state index is 13.1. The first-order chi connectivity index (χ1) is 11.2. The third-order valence-electron chi connectivity index (χ3n) is 4.95. The predicted molar refractivity (Wildman–Crippen MR) is 87.2 cm³/mol. The fourth-order valence-electron chi connectivity index (χ4n) is 4.24. The Morgan fingerprint density at radius 1 is 1.46 bits per heavy atom. The Labute approximate surface area is 141 Å². The molecule has 7 heteroatoms. The van der Waals surface area contributed by atoms with Crippen molar-refractivity contribution in [2.45, 2.75) is 63.7 Å². The van der Waals surface area contributed by atoms with Gasteiger partial charge in [-0.2, -0.15) is 0 Å². The summed E-state index contributed by atoms with van der Waals surface area (Å²) in [6, 6.07) is 1.63. The number of aromatic nitrogens is 2. The van der Waals surface area contributed by atoms with Crippen LogP contribution in [0.3, 0.4) is 0 Å². The fourth-order valence-corrected chi connectivity index (χ4v) is 4.24. The first-order valence-corrected chi connectivity index (χ1v) is 8.31. The van der Waals surface area contributed by atoms with Gasteiger partial charge in [-0.3, -0.25) is 9.59 Å². The lowest BCUT2D eigenvalue weighted by molar-refractivity contribution is -0.123. The Hall–Kier alpha value is -2.02. The SMILES string of the molecule is Cc1nccc(C(=O)N2CCC[C@]23CC(C)(C)O[C@H]3CC(N)=O)n1. The van der Waals surface area contributed by atoms with Crippen molar-refractivity contribution in [2.24, 2.45) is 5.73 Å². The van der Waals surface area contributed by atoms with E-state index < -0.39 is 17.0 Å². The van der Waals surface area contributed by atoms with Gasteiger partial charge < -0.3 is 15.4 Å². The van der Waals surface area contributed by atoms with E-state index in [0.29, 0.717) is 24.5 Å². The molecule has 2 aliphatic rings. The van der Waals surface area contributed by atoms with Crippen LogP contribution < -0.4 is 5.73 Å². The normalized spacial score (nSPS) is 28.5. The second-order valence-electron chi connectivity index (χ2n) is 7.37. The van der Waals surface area contributed by atoms with Gasteiger partial charge in [0.05, 0.1) is 23.7 Å². The first-order valence-electron chi connectivity index (χ1n) is 8.31. The van der Waals surface area contributed by atoms with Gasteiger partial charge in [0, 0.05) is 19.2 Å². The van der Waals surface area contributed by atoms with Crippen LogP contribution in [0.2, 0.25) is 0 Å². The summed E-state index contributed by atoms with van der Waals surface area (Å²) < 4.78 is 6.11. The zero-order valence-electron chi connectivity index (χ0n) is 14.4. The summed E-state index contributed by atoms with van der Waals surface area (Å²) in [5, 5.41) is 0. The summed E-state index contributed by atoms with van der Waals surface area (Å²) in [7, 11) is 0. The number of hydrogen-bond donors (Lipinski definition) is 1. The number of rotatable bonds is 3. The molecule has 1 spiro atoms. The molecular weight excluding hydrogens is 308 g/mol. The van der Waals surface area contributed by atoms with Gasteiger partial charge in [-0.15, -0.1) is 0 Å². The van der Waals surface area contributed by atoms with E-state index in [1.54, 1.807) is 19.2 Å². The van der Waals surface area contributed by atoms with Crippen molar-refractivity contribution in [3.63, 3.8) is 0 Å². The number of aryl methyl sites for hydroxylation is 1. The molecule has 0 unspecified atom stereocenters. The number of nitrogens with two attached hydrogens (primary N) is 1. The van der Waals surface area contributed by atoms with Crippen molar-refractivity contribution in [3.05, 3.63) is 23.8 Å². The standard InChI is InChI=1S/C17H24N4O3/c1-11-19-7-5-12(20-11)15(23)21-8-4-6-17(21)10-16(2,3)24-13(17)9-14(18)22/h5,7,13H,4,6,8-10H2,1-3H3,(H2,18,22)/t13-,17+/m0/s1. The molecule has 0 aliphatic carbocycles. The van der Waals surface area contributed by atoms with Gasteiger partial charge in [-0.05, 0) is 39.7 Å². The number of primary amides is 1. The summed E-state index contributed by atoms with van der Waals surface area (Å²) in [6.45, 7) is 6.38. The van der Waals surface area contributed by atoms with E-state index in [4.69, 9.17) is 10.5 Å². The molecule has 0 saturated carbocycles. The molecule has 2 amide bonds. The molecule has 2 fully saturated rings. The fraction of sp³-hybridized carbons (Fsp3) is 0.647. The van der Waals surface area contributed by atoms with Gasteiger partial charge in [0.1, 0.15) is 11.5 Å². The zero-order chi connectivity index (χ0) is 17.5. The smallest absolute Gasteiger partial charge is 0.273 e. The van der Waals surface area contributed by atoms with Crippen LogP contribution in [0.1, 0.15) is 55.8 Å². The number of hydrogen-bond acceptors (Lipinski definition) is 5. The van der Waals surface area contributed by atoms with E-state index in [0.717, 1.165) is 12.8 Å². The minimum Gasteiger partial charge on any atom is -0.370 e. The Balaban J connectivity index is 1.95. The Morgan fingerprint density at radius 2 is 2.21 bits per heavy atom. The van der Waals surface area contributed by atoms with Crippen molar-refractivity contribution in [1.29, 1.82) is 0 Å². The molecule has 24 heavy (non-hydrogen) atoms. The molecule has 130 valence electrons. The highest BCUT2D eigenvalue weighted by Crippen LogP contribution is 2.49. The third-order valence-corrected chi connectivity index (χ3v) is 4.95. The van der Waals surface area contributed by atoms with Gasteiger partial charge in [-0.25, -0.2) is 9.97 Å². The summed E-state index contributed by atoms with van der Waals surface area (Å²) in [5.74, 6) is 0.0220. The molecule has 2 atom stereocenters. The third kappa shape index (κ3) is 2.88. The predicted octanol–water partition coefficient (Wildman–Crippen LogP) is 1.20. The molecule has 0 bridgehead atoms. The van der Waals surface area contributed by atoms with Crippen LogP contribution in [0.5, 0.6) is 0 Å². The summed E-state index contributed by atoms with van der Waals surface area (Å²) >= 11 is 0. The van der Waals surface area contributed by atoms with Gasteiger partial charge in [-0.1, -0.05) is 0 Å². The maximum absolute atomic E-state index is 13.1. The van der Waals surface area contributed by atoms with Crippen LogP contribution in [0.4, 0.5) is 0 Å². The molecule has 0 radical (unpaired) electrons. The monoisotopic (exact) mass is 332 g/mol. The van der Waals surface area contributed by atoms with Gasteiger partial charge in [0.2, 0.25) is 5.91 Å². The molecule has 7 nitrogen and oxygen atoms in total. The lowest BCUT2D eigenvalue weighted by Gasteiger charge is -2.38. The molecule has 2 N–H and O–H groups in total.